The molecule has 1 saturated heterocycles. The molecule has 1 fully saturated rings. The zero-order chi connectivity index (χ0) is 12.3. The topological polar surface area (TPSA) is 43.1 Å². The first-order valence-corrected chi connectivity index (χ1v) is 7.34. The molecular weight excluding hydrogens is 254 g/mol. The lowest BCUT2D eigenvalue weighted by molar-refractivity contribution is -0.385. The molecule has 3 nitrogen and oxygen atoms in total. The highest BCUT2D eigenvalue weighted by molar-refractivity contribution is 8.20. The number of hydrogen-bond donors (Lipinski definition) is 0. The number of nitro groups is 1. The van der Waals surface area contributed by atoms with Crippen molar-refractivity contribution in [3.05, 3.63) is 46.0 Å². The van der Waals surface area contributed by atoms with E-state index in [0.717, 1.165) is 5.75 Å². The van der Waals surface area contributed by atoms with Gasteiger partial charge in [-0.05, 0) is 6.07 Å². The summed E-state index contributed by atoms with van der Waals surface area (Å²) in [6.45, 7) is 2.20. The maximum absolute atomic E-state index is 10.8. The van der Waals surface area contributed by atoms with Crippen LogP contribution in [0, 0.1) is 10.1 Å². The Labute approximate surface area is 109 Å². The van der Waals surface area contributed by atoms with Gasteiger partial charge in [0, 0.05) is 17.1 Å². The minimum Gasteiger partial charge on any atom is -0.258 e. The molecule has 5 heteroatoms. The smallest absolute Gasteiger partial charge is 0.258 e. The first kappa shape index (κ1) is 12.5. The summed E-state index contributed by atoms with van der Waals surface area (Å²) in [4.78, 5) is 10.5. The van der Waals surface area contributed by atoms with Crippen molar-refractivity contribution in [2.24, 2.45) is 0 Å². The Morgan fingerprint density at radius 2 is 2.24 bits per heavy atom. The average Bonchev–Trinajstić information content (AvgIpc) is 2.73. The van der Waals surface area contributed by atoms with E-state index in [-0.39, 0.29) is 10.6 Å². The molecular formula is C12H13NO2S2. The molecule has 1 aliphatic rings. The molecule has 0 saturated carbocycles. The van der Waals surface area contributed by atoms with E-state index >= 15 is 0 Å². The second kappa shape index (κ2) is 5.60. The Bertz CT molecular complexity index is 448. The number of nitro benzene ring substituents is 1. The lowest BCUT2D eigenvalue weighted by Crippen LogP contribution is -1.92. The van der Waals surface area contributed by atoms with Gasteiger partial charge in [0.15, 0.2) is 0 Å². The number of benzene rings is 1. The van der Waals surface area contributed by atoms with Crippen molar-refractivity contribution in [3.8, 4) is 0 Å². The largest absolute Gasteiger partial charge is 0.276 e. The van der Waals surface area contributed by atoms with Crippen LogP contribution < -0.4 is 0 Å². The lowest BCUT2D eigenvalue weighted by atomic mass is 10.2. The van der Waals surface area contributed by atoms with Crippen LogP contribution in [0.4, 0.5) is 5.69 Å². The van der Waals surface area contributed by atoms with Gasteiger partial charge in [-0.25, -0.2) is 0 Å². The van der Waals surface area contributed by atoms with E-state index in [0.29, 0.717) is 15.4 Å². The normalized spacial score (nSPS) is 24.3. The Morgan fingerprint density at radius 3 is 2.88 bits per heavy atom. The van der Waals surface area contributed by atoms with E-state index in [2.05, 4.69) is 13.0 Å². The third-order valence-electron chi connectivity index (χ3n) is 2.43. The number of nitrogens with zero attached hydrogens (tertiary/aromatic N) is 1. The maximum atomic E-state index is 10.8. The Kier molecular flexibility index (Phi) is 4.12. The lowest BCUT2D eigenvalue weighted by Gasteiger charge is -2.01. The number of thioether (sulfide) groups is 2. The fourth-order valence-electron chi connectivity index (χ4n) is 1.62. The van der Waals surface area contributed by atoms with Crippen LogP contribution in [-0.4, -0.2) is 20.5 Å². The minimum atomic E-state index is -0.336. The van der Waals surface area contributed by atoms with Gasteiger partial charge in [0.1, 0.15) is 0 Å². The fraction of sp³-hybridized carbons (Fsp3) is 0.333. The molecule has 0 bridgehead atoms. The SMILES string of the molecule is CC1CSC(/C=C/c2ccccc2[N+](=O)[O-])S1. The summed E-state index contributed by atoms with van der Waals surface area (Å²) < 4.78 is 0.421. The Morgan fingerprint density at radius 1 is 1.47 bits per heavy atom. The molecule has 17 heavy (non-hydrogen) atoms. The summed E-state index contributed by atoms with van der Waals surface area (Å²) in [6, 6.07) is 6.83. The second-order valence-electron chi connectivity index (χ2n) is 3.82. The molecule has 2 atom stereocenters. The monoisotopic (exact) mass is 267 g/mol. The van der Waals surface area contributed by atoms with Crippen LogP contribution in [0.2, 0.25) is 0 Å². The summed E-state index contributed by atoms with van der Waals surface area (Å²) in [5, 5.41) is 11.5. The van der Waals surface area contributed by atoms with Crippen LogP contribution in [0.5, 0.6) is 0 Å². The number of rotatable bonds is 3. The summed E-state index contributed by atoms with van der Waals surface area (Å²) in [5.41, 5.74) is 0.850. The maximum Gasteiger partial charge on any atom is 0.276 e. The van der Waals surface area contributed by atoms with Gasteiger partial charge in [-0.15, -0.1) is 23.5 Å². The minimum absolute atomic E-state index is 0.171. The van der Waals surface area contributed by atoms with Gasteiger partial charge in [-0.2, -0.15) is 0 Å². The van der Waals surface area contributed by atoms with Gasteiger partial charge in [-0.1, -0.05) is 31.2 Å². The predicted octanol–water partition coefficient (Wildman–Crippen LogP) is 3.80. The van der Waals surface area contributed by atoms with Crippen molar-refractivity contribution in [2.75, 3.05) is 5.75 Å². The van der Waals surface area contributed by atoms with Gasteiger partial charge < -0.3 is 0 Å². The first-order valence-electron chi connectivity index (χ1n) is 5.35. The zero-order valence-electron chi connectivity index (χ0n) is 9.41. The van der Waals surface area contributed by atoms with Crippen LogP contribution in [0.25, 0.3) is 6.08 Å². The van der Waals surface area contributed by atoms with E-state index in [1.54, 1.807) is 12.1 Å². The van der Waals surface area contributed by atoms with Crippen LogP contribution in [0.3, 0.4) is 0 Å². The number of hydrogen-bond acceptors (Lipinski definition) is 4. The van der Waals surface area contributed by atoms with Crippen molar-refractivity contribution in [2.45, 2.75) is 16.8 Å². The van der Waals surface area contributed by atoms with Crippen molar-refractivity contribution in [1.29, 1.82) is 0 Å². The Hall–Kier alpha value is -0.940. The fourth-order valence-corrected chi connectivity index (χ4v) is 4.56. The molecule has 1 aliphatic heterocycles. The van der Waals surface area contributed by atoms with Gasteiger partial charge in [0.2, 0.25) is 0 Å². The summed E-state index contributed by atoms with van der Waals surface area (Å²) >= 11 is 3.80. The molecule has 0 amide bonds. The molecule has 1 aromatic carbocycles. The highest BCUT2D eigenvalue weighted by Crippen LogP contribution is 2.38. The summed E-state index contributed by atoms with van der Waals surface area (Å²) in [5.74, 6) is 1.15. The first-order chi connectivity index (χ1) is 8.16. The van der Waals surface area contributed by atoms with Crippen LogP contribution in [0.15, 0.2) is 30.3 Å². The molecule has 0 aromatic heterocycles. The van der Waals surface area contributed by atoms with Crippen molar-refractivity contribution in [3.63, 3.8) is 0 Å². The van der Waals surface area contributed by atoms with Gasteiger partial charge in [-0.3, -0.25) is 10.1 Å². The Balaban J connectivity index is 2.13. The van der Waals surface area contributed by atoms with Crippen LogP contribution in [-0.2, 0) is 0 Å². The standard InChI is InChI=1S/C12H13NO2S2/c1-9-8-16-12(17-9)7-6-10-4-2-3-5-11(10)13(14)15/h2-7,9,12H,8H2,1H3/b7-6+. The van der Waals surface area contributed by atoms with Crippen LogP contribution in [0.1, 0.15) is 12.5 Å². The molecule has 90 valence electrons. The van der Waals surface area contributed by atoms with Gasteiger partial charge in [0.05, 0.1) is 15.1 Å². The van der Waals surface area contributed by atoms with Gasteiger partial charge in [0.25, 0.3) is 5.69 Å². The molecule has 0 spiro atoms. The van der Waals surface area contributed by atoms with E-state index < -0.39 is 0 Å². The predicted molar refractivity (Wildman–Crippen MR) is 75.4 cm³/mol. The summed E-state index contributed by atoms with van der Waals surface area (Å²) in [6.07, 6.45) is 3.92. The van der Waals surface area contributed by atoms with Crippen molar-refractivity contribution >= 4 is 35.3 Å². The van der Waals surface area contributed by atoms with Crippen molar-refractivity contribution in [1.82, 2.24) is 0 Å². The second-order valence-corrected chi connectivity index (χ2v) is 6.88. The van der Waals surface area contributed by atoms with E-state index in [1.165, 1.54) is 6.07 Å². The molecule has 0 radical (unpaired) electrons. The van der Waals surface area contributed by atoms with E-state index in [4.69, 9.17) is 0 Å². The van der Waals surface area contributed by atoms with Gasteiger partial charge >= 0.3 is 0 Å². The third-order valence-corrected chi connectivity index (χ3v) is 5.62. The highest BCUT2D eigenvalue weighted by atomic mass is 32.2. The highest BCUT2D eigenvalue weighted by Gasteiger charge is 2.20. The molecule has 1 aromatic rings. The third kappa shape index (κ3) is 3.26. The molecule has 0 aliphatic carbocycles. The molecule has 1 heterocycles. The number of para-hydroxylation sites is 1. The quantitative estimate of drug-likeness (QED) is 0.617. The average molecular weight is 267 g/mol. The van der Waals surface area contributed by atoms with E-state index in [9.17, 15) is 10.1 Å². The zero-order valence-corrected chi connectivity index (χ0v) is 11.0. The molecule has 0 N–H and O–H groups in total. The summed E-state index contributed by atoms with van der Waals surface area (Å²) in [7, 11) is 0. The molecule has 2 rings (SSSR count). The van der Waals surface area contributed by atoms with Crippen molar-refractivity contribution < 1.29 is 4.92 Å². The van der Waals surface area contributed by atoms with Crippen LogP contribution >= 0.6 is 23.5 Å². The molecule has 2 unspecified atom stereocenters. The van der Waals surface area contributed by atoms with E-state index in [1.807, 2.05) is 35.7 Å².